The van der Waals surface area contributed by atoms with Gasteiger partial charge in [-0.2, -0.15) is 5.01 Å². The number of rotatable bonds is 6. The number of urea groups is 1. The quantitative estimate of drug-likeness (QED) is 0.667. The van der Waals surface area contributed by atoms with Crippen LogP contribution in [0, 0.1) is 5.82 Å². The first kappa shape index (κ1) is 20.0. The van der Waals surface area contributed by atoms with E-state index in [0.717, 1.165) is 5.56 Å². The minimum Gasteiger partial charge on any atom is -0.322 e. The molecule has 1 saturated heterocycles. The molecule has 4 amide bonds. The molecule has 1 heterocycles. The summed E-state index contributed by atoms with van der Waals surface area (Å²) in [6.45, 7) is 1.64. The zero-order valence-corrected chi connectivity index (χ0v) is 16.8. The second kappa shape index (κ2) is 8.10. The van der Waals surface area contributed by atoms with E-state index in [0.29, 0.717) is 23.4 Å². The molecule has 1 aliphatic heterocycles. The Morgan fingerprint density at radius 3 is 2.57 bits per heavy atom. The number of hydrazine groups is 1. The third kappa shape index (κ3) is 4.39. The van der Waals surface area contributed by atoms with E-state index in [2.05, 4.69) is 26.7 Å². The van der Waals surface area contributed by atoms with Crippen LogP contribution >= 0.6 is 15.9 Å². The van der Waals surface area contributed by atoms with Gasteiger partial charge in [-0.05, 0) is 59.0 Å². The first-order valence-corrected chi connectivity index (χ1v) is 9.52. The lowest BCUT2D eigenvalue weighted by Gasteiger charge is -2.21. The average Bonchev–Trinajstić information content (AvgIpc) is 2.87. The summed E-state index contributed by atoms with van der Waals surface area (Å²) < 4.78 is 13.5. The molecule has 8 heteroatoms. The normalized spacial score (nSPS) is 18.9. The van der Waals surface area contributed by atoms with Gasteiger partial charge < -0.3 is 5.32 Å². The maximum absolute atomic E-state index is 13.3. The first-order chi connectivity index (χ1) is 13.3. The van der Waals surface area contributed by atoms with E-state index >= 15 is 0 Å². The maximum atomic E-state index is 13.3. The molecule has 1 aliphatic rings. The Kier molecular flexibility index (Phi) is 5.79. The number of benzene rings is 2. The van der Waals surface area contributed by atoms with Crippen molar-refractivity contribution in [2.75, 3.05) is 0 Å². The Morgan fingerprint density at radius 1 is 1.18 bits per heavy atom. The topological polar surface area (TPSA) is 78.5 Å². The lowest BCUT2D eigenvalue weighted by atomic mass is 9.93. The highest BCUT2D eigenvalue weighted by atomic mass is 79.9. The molecule has 0 bridgehead atoms. The smallest absolute Gasteiger partial charge is 0.322 e. The Hall–Kier alpha value is -2.74. The van der Waals surface area contributed by atoms with E-state index in [9.17, 15) is 18.8 Å². The molecule has 1 atom stereocenters. The molecule has 0 spiro atoms. The maximum Gasteiger partial charge on any atom is 0.344 e. The van der Waals surface area contributed by atoms with Crippen molar-refractivity contribution >= 4 is 33.8 Å². The Bertz CT molecular complexity index is 922. The highest BCUT2D eigenvalue weighted by molar-refractivity contribution is 9.10. The summed E-state index contributed by atoms with van der Waals surface area (Å²) in [5, 5.41) is 3.37. The highest BCUT2D eigenvalue weighted by Crippen LogP contribution is 2.22. The number of carbonyl (C=O) groups excluding carboxylic acids is 3. The molecule has 1 fully saturated rings. The van der Waals surface area contributed by atoms with Gasteiger partial charge in [0.25, 0.3) is 5.91 Å². The van der Waals surface area contributed by atoms with Crippen molar-refractivity contribution in [2.45, 2.75) is 31.7 Å². The third-order valence-electron chi connectivity index (χ3n) is 4.60. The molecule has 0 radical (unpaired) electrons. The third-order valence-corrected chi connectivity index (χ3v) is 5.21. The number of nitrogens with one attached hydrogen (secondary N) is 2. The van der Waals surface area contributed by atoms with Gasteiger partial charge in [0.1, 0.15) is 11.4 Å². The summed E-state index contributed by atoms with van der Waals surface area (Å²) >= 11 is 3.06. The van der Waals surface area contributed by atoms with E-state index in [1.54, 1.807) is 6.92 Å². The number of carbonyl (C=O) groups is 3. The molecular formula is C20H19BrFN3O3. The van der Waals surface area contributed by atoms with Crippen LogP contribution in [-0.4, -0.2) is 28.4 Å². The van der Waals surface area contributed by atoms with Crippen LogP contribution in [-0.2, 0) is 22.4 Å². The molecule has 2 aromatic rings. The van der Waals surface area contributed by atoms with Crippen molar-refractivity contribution < 1.29 is 18.8 Å². The lowest BCUT2D eigenvalue weighted by Crippen LogP contribution is -2.49. The van der Waals surface area contributed by atoms with Gasteiger partial charge in [-0.1, -0.05) is 36.4 Å². The molecule has 1 unspecified atom stereocenters. The molecule has 6 nitrogen and oxygen atoms in total. The number of aryl methyl sites for hydroxylation is 1. The van der Waals surface area contributed by atoms with Gasteiger partial charge in [0.15, 0.2) is 0 Å². The van der Waals surface area contributed by atoms with Crippen LogP contribution < -0.4 is 10.7 Å². The van der Waals surface area contributed by atoms with E-state index in [1.807, 2.05) is 30.3 Å². The fourth-order valence-electron chi connectivity index (χ4n) is 2.99. The fraction of sp³-hybridized carbons (Fsp3) is 0.250. The Balaban J connectivity index is 1.62. The standard InChI is InChI=1S/C20H19BrFN3O3/c1-20(10-9-13-5-3-2-4-6-13)18(27)25(19(28)23-20)24-17(26)12-14-7-8-16(22)15(21)11-14/h2-8,11H,9-10,12H2,1H3,(H,23,28)(H,24,26). The van der Waals surface area contributed by atoms with Gasteiger partial charge in [-0.25, -0.2) is 9.18 Å². The van der Waals surface area contributed by atoms with Crippen molar-refractivity contribution in [2.24, 2.45) is 0 Å². The Labute approximate surface area is 170 Å². The summed E-state index contributed by atoms with van der Waals surface area (Å²) in [7, 11) is 0. The SMILES string of the molecule is CC1(CCc2ccccc2)NC(=O)N(NC(=O)Cc2ccc(F)c(Br)c2)C1=O. The molecule has 3 rings (SSSR count). The molecule has 0 saturated carbocycles. The number of amides is 4. The van der Waals surface area contributed by atoms with Crippen molar-refractivity contribution in [3.8, 4) is 0 Å². The van der Waals surface area contributed by atoms with E-state index < -0.39 is 29.2 Å². The fourth-order valence-corrected chi connectivity index (χ4v) is 3.42. The van der Waals surface area contributed by atoms with Crippen molar-refractivity contribution in [1.82, 2.24) is 15.8 Å². The number of hydrogen-bond acceptors (Lipinski definition) is 3. The molecular weight excluding hydrogens is 429 g/mol. The van der Waals surface area contributed by atoms with E-state index in [4.69, 9.17) is 0 Å². The molecule has 0 aromatic heterocycles. The van der Waals surface area contributed by atoms with Crippen LogP contribution in [0.2, 0.25) is 0 Å². The lowest BCUT2D eigenvalue weighted by molar-refractivity contribution is -0.138. The minimum atomic E-state index is -1.10. The molecule has 0 aliphatic carbocycles. The van der Waals surface area contributed by atoms with Gasteiger partial charge >= 0.3 is 6.03 Å². The highest BCUT2D eigenvalue weighted by Gasteiger charge is 2.48. The molecule has 2 aromatic carbocycles. The van der Waals surface area contributed by atoms with Gasteiger partial charge in [0.05, 0.1) is 10.9 Å². The number of nitrogens with zero attached hydrogens (tertiary/aromatic N) is 1. The van der Waals surface area contributed by atoms with Crippen LogP contribution in [0.5, 0.6) is 0 Å². The van der Waals surface area contributed by atoms with Crippen molar-refractivity contribution in [1.29, 1.82) is 0 Å². The second-order valence-electron chi connectivity index (χ2n) is 6.85. The van der Waals surface area contributed by atoms with Gasteiger partial charge in [0, 0.05) is 0 Å². The summed E-state index contributed by atoms with van der Waals surface area (Å²) in [5.41, 5.74) is 2.84. The summed E-state index contributed by atoms with van der Waals surface area (Å²) in [5.74, 6) is -1.50. The summed E-state index contributed by atoms with van der Waals surface area (Å²) in [4.78, 5) is 37.2. The number of imide groups is 1. The zero-order valence-electron chi connectivity index (χ0n) is 15.2. The van der Waals surface area contributed by atoms with Gasteiger partial charge in [-0.15, -0.1) is 0 Å². The van der Waals surface area contributed by atoms with Crippen LogP contribution in [0.15, 0.2) is 53.0 Å². The van der Waals surface area contributed by atoms with Crippen molar-refractivity contribution in [3.63, 3.8) is 0 Å². The first-order valence-electron chi connectivity index (χ1n) is 8.72. The zero-order chi connectivity index (χ0) is 20.3. The average molecular weight is 448 g/mol. The predicted octanol–water partition coefficient (Wildman–Crippen LogP) is 3.11. The predicted molar refractivity (Wildman–Crippen MR) is 104 cm³/mol. The molecule has 2 N–H and O–H groups in total. The Morgan fingerprint density at radius 2 is 1.89 bits per heavy atom. The van der Waals surface area contributed by atoms with Crippen LogP contribution in [0.25, 0.3) is 0 Å². The number of hydrogen-bond donors (Lipinski definition) is 2. The van der Waals surface area contributed by atoms with Gasteiger partial charge in [0.2, 0.25) is 5.91 Å². The van der Waals surface area contributed by atoms with Gasteiger partial charge in [-0.3, -0.25) is 15.0 Å². The van der Waals surface area contributed by atoms with E-state index in [1.165, 1.54) is 18.2 Å². The summed E-state index contributed by atoms with van der Waals surface area (Å²) in [6, 6.07) is 13.1. The minimum absolute atomic E-state index is 0.101. The monoisotopic (exact) mass is 447 g/mol. The molecule has 146 valence electrons. The van der Waals surface area contributed by atoms with Crippen LogP contribution in [0.3, 0.4) is 0 Å². The van der Waals surface area contributed by atoms with E-state index in [-0.39, 0.29) is 10.9 Å². The van der Waals surface area contributed by atoms with Crippen molar-refractivity contribution in [3.05, 3.63) is 69.9 Å². The summed E-state index contributed by atoms with van der Waals surface area (Å²) in [6.07, 6.45) is 0.907. The second-order valence-corrected chi connectivity index (χ2v) is 7.70. The van der Waals surface area contributed by atoms with Crippen LogP contribution in [0.4, 0.5) is 9.18 Å². The molecule has 28 heavy (non-hydrogen) atoms. The number of halogens is 2. The largest absolute Gasteiger partial charge is 0.344 e. The van der Waals surface area contributed by atoms with Crippen LogP contribution in [0.1, 0.15) is 24.5 Å².